The van der Waals surface area contributed by atoms with Gasteiger partial charge in [0.15, 0.2) is 0 Å². The van der Waals surface area contributed by atoms with Crippen LogP contribution in [0.2, 0.25) is 0 Å². The second-order valence-corrected chi connectivity index (χ2v) is 6.85. The summed E-state index contributed by atoms with van der Waals surface area (Å²) in [6.45, 7) is 3.97. The molecule has 0 bridgehead atoms. The number of aliphatic hydroxyl groups excluding tert-OH is 1. The SMILES string of the molecule is O=C(NCc1ccccc1CN1CCCC1CO)C1CCCOC1. The third-order valence-corrected chi connectivity index (χ3v) is 5.19. The van der Waals surface area contributed by atoms with E-state index in [1.54, 1.807) is 0 Å². The van der Waals surface area contributed by atoms with E-state index in [0.29, 0.717) is 13.2 Å². The summed E-state index contributed by atoms with van der Waals surface area (Å²) in [4.78, 5) is 14.6. The molecule has 5 nitrogen and oxygen atoms in total. The van der Waals surface area contributed by atoms with Crippen molar-refractivity contribution in [2.45, 2.75) is 44.8 Å². The normalized spacial score (nSPS) is 24.9. The maximum atomic E-state index is 12.3. The van der Waals surface area contributed by atoms with E-state index in [2.05, 4.69) is 22.3 Å². The molecule has 2 unspecified atom stereocenters. The number of amides is 1. The molecule has 0 radical (unpaired) electrons. The number of nitrogens with zero attached hydrogens (tertiary/aromatic N) is 1. The number of nitrogens with one attached hydrogen (secondary N) is 1. The second-order valence-electron chi connectivity index (χ2n) is 6.85. The van der Waals surface area contributed by atoms with Gasteiger partial charge in [-0.05, 0) is 43.4 Å². The third kappa shape index (κ3) is 4.35. The molecule has 0 saturated carbocycles. The summed E-state index contributed by atoms with van der Waals surface area (Å²) in [6.07, 6.45) is 4.09. The Morgan fingerprint density at radius 2 is 2.08 bits per heavy atom. The Bertz CT molecular complexity index is 543. The Kier molecular flexibility index (Phi) is 6.24. The summed E-state index contributed by atoms with van der Waals surface area (Å²) in [7, 11) is 0. The lowest BCUT2D eigenvalue weighted by Crippen LogP contribution is -2.36. The van der Waals surface area contributed by atoms with E-state index in [1.165, 1.54) is 5.56 Å². The first-order valence-electron chi connectivity index (χ1n) is 9.05. The zero-order valence-electron chi connectivity index (χ0n) is 14.2. The Morgan fingerprint density at radius 1 is 1.25 bits per heavy atom. The highest BCUT2D eigenvalue weighted by Gasteiger charge is 2.25. The van der Waals surface area contributed by atoms with Gasteiger partial charge in [-0.1, -0.05) is 24.3 Å². The van der Waals surface area contributed by atoms with E-state index in [0.717, 1.165) is 50.9 Å². The lowest BCUT2D eigenvalue weighted by Gasteiger charge is -2.24. The number of ether oxygens (including phenoxy) is 1. The van der Waals surface area contributed by atoms with Crippen molar-refractivity contribution in [3.05, 3.63) is 35.4 Å². The molecule has 132 valence electrons. The van der Waals surface area contributed by atoms with Crippen molar-refractivity contribution in [3.8, 4) is 0 Å². The molecule has 1 aromatic carbocycles. The van der Waals surface area contributed by atoms with Gasteiger partial charge in [-0.3, -0.25) is 9.69 Å². The molecule has 2 atom stereocenters. The second kappa shape index (κ2) is 8.60. The molecule has 0 spiro atoms. The molecular formula is C19H28N2O3. The van der Waals surface area contributed by atoms with E-state index < -0.39 is 0 Å². The molecule has 2 aliphatic rings. The monoisotopic (exact) mass is 332 g/mol. The maximum Gasteiger partial charge on any atom is 0.225 e. The smallest absolute Gasteiger partial charge is 0.225 e. The van der Waals surface area contributed by atoms with Crippen LogP contribution in [0.5, 0.6) is 0 Å². The van der Waals surface area contributed by atoms with Crippen molar-refractivity contribution in [3.63, 3.8) is 0 Å². The van der Waals surface area contributed by atoms with Crippen LogP contribution in [-0.4, -0.2) is 48.3 Å². The molecule has 2 fully saturated rings. The summed E-state index contributed by atoms with van der Waals surface area (Å²) >= 11 is 0. The molecule has 2 heterocycles. The molecule has 2 saturated heterocycles. The van der Waals surface area contributed by atoms with Crippen molar-refractivity contribution in [1.82, 2.24) is 10.2 Å². The molecule has 1 amide bonds. The Morgan fingerprint density at radius 3 is 2.83 bits per heavy atom. The van der Waals surface area contributed by atoms with Crippen LogP contribution < -0.4 is 5.32 Å². The fourth-order valence-electron chi connectivity index (χ4n) is 3.69. The van der Waals surface area contributed by atoms with Crippen molar-refractivity contribution in [2.75, 3.05) is 26.4 Å². The molecule has 2 N–H and O–H groups in total. The third-order valence-electron chi connectivity index (χ3n) is 5.19. The fraction of sp³-hybridized carbons (Fsp3) is 0.632. The number of rotatable bonds is 6. The van der Waals surface area contributed by atoms with Crippen LogP contribution >= 0.6 is 0 Å². The molecular weight excluding hydrogens is 304 g/mol. The summed E-state index contributed by atoms with van der Waals surface area (Å²) in [6, 6.07) is 8.53. The van der Waals surface area contributed by atoms with Crippen LogP contribution in [0, 0.1) is 5.92 Å². The van der Waals surface area contributed by atoms with E-state index >= 15 is 0 Å². The molecule has 1 aromatic rings. The number of carbonyl (C=O) groups is 1. The largest absolute Gasteiger partial charge is 0.395 e. The average Bonchev–Trinajstić information content (AvgIpc) is 3.08. The molecule has 2 aliphatic heterocycles. The van der Waals surface area contributed by atoms with Gasteiger partial charge in [0.05, 0.1) is 19.1 Å². The first-order chi connectivity index (χ1) is 11.8. The number of aliphatic hydroxyl groups is 1. The van der Waals surface area contributed by atoms with Crippen molar-refractivity contribution in [2.24, 2.45) is 5.92 Å². The van der Waals surface area contributed by atoms with Crippen LogP contribution in [-0.2, 0) is 22.6 Å². The zero-order valence-corrected chi connectivity index (χ0v) is 14.2. The first kappa shape index (κ1) is 17.4. The van der Waals surface area contributed by atoms with E-state index in [9.17, 15) is 9.90 Å². The zero-order chi connectivity index (χ0) is 16.8. The minimum Gasteiger partial charge on any atom is -0.395 e. The minimum absolute atomic E-state index is 0.0109. The van der Waals surface area contributed by atoms with Crippen LogP contribution in [0.1, 0.15) is 36.8 Å². The topological polar surface area (TPSA) is 61.8 Å². The minimum atomic E-state index is -0.0109. The Labute approximate surface area is 144 Å². The number of hydrogen-bond acceptors (Lipinski definition) is 4. The summed E-state index contributed by atoms with van der Waals surface area (Å²) in [5.41, 5.74) is 2.39. The van der Waals surface area contributed by atoms with Crippen LogP contribution in [0.3, 0.4) is 0 Å². The summed E-state index contributed by atoms with van der Waals surface area (Å²) in [5, 5.41) is 12.6. The van der Waals surface area contributed by atoms with Gasteiger partial charge < -0.3 is 15.2 Å². The van der Waals surface area contributed by atoms with Gasteiger partial charge in [-0.15, -0.1) is 0 Å². The van der Waals surface area contributed by atoms with Gasteiger partial charge in [0, 0.05) is 25.7 Å². The highest BCUT2D eigenvalue weighted by atomic mass is 16.5. The number of benzene rings is 1. The fourth-order valence-corrected chi connectivity index (χ4v) is 3.69. The van der Waals surface area contributed by atoms with Gasteiger partial charge in [0.25, 0.3) is 0 Å². The number of hydrogen-bond donors (Lipinski definition) is 2. The quantitative estimate of drug-likeness (QED) is 0.832. The predicted molar refractivity (Wildman–Crippen MR) is 92.3 cm³/mol. The number of carbonyl (C=O) groups excluding carboxylic acids is 1. The van der Waals surface area contributed by atoms with Gasteiger partial charge in [-0.2, -0.15) is 0 Å². The Balaban J connectivity index is 1.58. The summed E-state index contributed by atoms with van der Waals surface area (Å²) < 4.78 is 5.40. The standard InChI is InChI=1S/C19H28N2O3/c22-13-18-8-3-9-21(18)12-16-6-2-1-5-15(16)11-20-19(23)17-7-4-10-24-14-17/h1-2,5-6,17-18,22H,3-4,7-14H2,(H,20,23). The van der Waals surface area contributed by atoms with Crippen LogP contribution in [0.25, 0.3) is 0 Å². The average molecular weight is 332 g/mol. The first-order valence-corrected chi connectivity index (χ1v) is 9.05. The molecule has 0 aliphatic carbocycles. The highest BCUT2D eigenvalue weighted by molar-refractivity contribution is 5.78. The molecule has 24 heavy (non-hydrogen) atoms. The van der Waals surface area contributed by atoms with Crippen LogP contribution in [0.15, 0.2) is 24.3 Å². The Hall–Kier alpha value is -1.43. The lowest BCUT2D eigenvalue weighted by atomic mass is 10.0. The maximum absolute atomic E-state index is 12.3. The van der Waals surface area contributed by atoms with Gasteiger partial charge in [-0.25, -0.2) is 0 Å². The van der Waals surface area contributed by atoms with Gasteiger partial charge in [0.1, 0.15) is 0 Å². The van der Waals surface area contributed by atoms with Crippen molar-refractivity contribution in [1.29, 1.82) is 0 Å². The highest BCUT2D eigenvalue weighted by Crippen LogP contribution is 2.21. The molecule has 3 rings (SSSR count). The van der Waals surface area contributed by atoms with Crippen molar-refractivity contribution >= 4 is 5.91 Å². The van der Waals surface area contributed by atoms with E-state index in [4.69, 9.17) is 4.74 Å². The van der Waals surface area contributed by atoms with Crippen LogP contribution in [0.4, 0.5) is 0 Å². The van der Waals surface area contributed by atoms with Gasteiger partial charge >= 0.3 is 0 Å². The van der Waals surface area contributed by atoms with Gasteiger partial charge in [0.2, 0.25) is 5.91 Å². The predicted octanol–water partition coefficient (Wildman–Crippen LogP) is 1.69. The number of likely N-dealkylation sites (tertiary alicyclic amines) is 1. The van der Waals surface area contributed by atoms with E-state index in [1.807, 2.05) is 12.1 Å². The summed E-state index contributed by atoms with van der Waals surface area (Å²) in [5.74, 6) is 0.0853. The lowest BCUT2D eigenvalue weighted by molar-refractivity contribution is -0.129. The molecule has 0 aromatic heterocycles. The van der Waals surface area contributed by atoms with E-state index in [-0.39, 0.29) is 24.5 Å². The molecule has 5 heteroatoms. The van der Waals surface area contributed by atoms with Crippen molar-refractivity contribution < 1.29 is 14.6 Å².